The Morgan fingerprint density at radius 2 is 2.07 bits per heavy atom. The van der Waals surface area contributed by atoms with E-state index in [-0.39, 0.29) is 5.25 Å². The lowest BCUT2D eigenvalue weighted by molar-refractivity contribution is -0.119. The number of ketones is 1. The second-order valence-electron chi connectivity index (χ2n) is 6.60. The summed E-state index contributed by atoms with van der Waals surface area (Å²) in [5, 5.41) is 9.51. The molecule has 144 valence electrons. The minimum atomic E-state index is -0.0716. The van der Waals surface area contributed by atoms with Crippen molar-refractivity contribution in [1.82, 2.24) is 19.7 Å². The maximum absolute atomic E-state index is 12.4. The van der Waals surface area contributed by atoms with Gasteiger partial charge in [0.25, 0.3) is 0 Å². The Balaban J connectivity index is 1.81. The lowest BCUT2D eigenvalue weighted by Crippen LogP contribution is -2.21. The number of rotatable bonds is 6. The summed E-state index contributed by atoms with van der Waals surface area (Å²) >= 11 is 1.50. The first-order chi connectivity index (χ1) is 13.8. The van der Waals surface area contributed by atoms with E-state index in [2.05, 4.69) is 15.2 Å². The van der Waals surface area contributed by atoms with E-state index in [4.69, 9.17) is 4.74 Å². The first kappa shape index (κ1) is 18.7. The number of thioether (sulfide) groups is 1. The fourth-order valence-electron chi connectivity index (χ4n) is 3.37. The Morgan fingerprint density at radius 1 is 1.18 bits per heavy atom. The standard InChI is InChI=1S/C21H22N4O2S/c1-2-27-18-11-5-3-9-16(18)25-20(15-8-7-13-22-14-15)23-24-21(25)28-19-12-6-4-10-17(19)26/h3,5,7-9,11,13-14,19H,2,4,6,10,12H2,1H3/t19-/m0/s1. The molecule has 7 heteroatoms. The van der Waals surface area contributed by atoms with Crippen LogP contribution in [0.3, 0.4) is 0 Å². The van der Waals surface area contributed by atoms with Crippen LogP contribution in [0.15, 0.2) is 53.9 Å². The lowest BCUT2D eigenvalue weighted by Gasteiger charge is -2.20. The SMILES string of the molecule is CCOc1ccccc1-n1c(S[C@H]2CCCCC2=O)nnc1-c1cccnc1. The zero-order chi connectivity index (χ0) is 19.3. The van der Waals surface area contributed by atoms with E-state index < -0.39 is 0 Å². The molecule has 4 rings (SSSR count). The van der Waals surface area contributed by atoms with E-state index in [9.17, 15) is 4.79 Å². The van der Waals surface area contributed by atoms with Crippen molar-refractivity contribution in [2.45, 2.75) is 43.0 Å². The molecular weight excluding hydrogens is 372 g/mol. The second-order valence-corrected chi connectivity index (χ2v) is 7.77. The summed E-state index contributed by atoms with van der Waals surface area (Å²) in [6.45, 7) is 2.52. The molecule has 1 aliphatic carbocycles. The third-order valence-electron chi connectivity index (χ3n) is 4.71. The lowest BCUT2D eigenvalue weighted by atomic mass is 9.99. The van der Waals surface area contributed by atoms with Crippen molar-refractivity contribution < 1.29 is 9.53 Å². The van der Waals surface area contributed by atoms with Crippen molar-refractivity contribution in [3.05, 3.63) is 48.8 Å². The molecule has 1 atom stereocenters. The number of benzene rings is 1. The minimum Gasteiger partial charge on any atom is -0.492 e. The van der Waals surface area contributed by atoms with E-state index in [0.29, 0.717) is 29.8 Å². The summed E-state index contributed by atoms with van der Waals surface area (Å²) in [6.07, 6.45) is 7.08. The normalized spacial score (nSPS) is 16.9. The summed E-state index contributed by atoms with van der Waals surface area (Å²) in [7, 11) is 0. The van der Waals surface area contributed by atoms with Crippen LogP contribution in [0.1, 0.15) is 32.6 Å². The highest BCUT2D eigenvalue weighted by Gasteiger charge is 2.27. The Kier molecular flexibility index (Phi) is 5.71. The second kappa shape index (κ2) is 8.56. The molecule has 1 aliphatic rings. The summed E-state index contributed by atoms with van der Waals surface area (Å²) in [4.78, 5) is 16.6. The summed E-state index contributed by atoms with van der Waals surface area (Å²) in [6, 6.07) is 11.7. The van der Waals surface area contributed by atoms with Crippen LogP contribution in [-0.2, 0) is 4.79 Å². The van der Waals surface area contributed by atoms with Crippen molar-refractivity contribution in [3.8, 4) is 22.8 Å². The molecule has 6 nitrogen and oxygen atoms in total. The van der Waals surface area contributed by atoms with E-state index in [0.717, 1.165) is 36.3 Å². The van der Waals surface area contributed by atoms with Gasteiger partial charge in [-0.15, -0.1) is 10.2 Å². The third kappa shape index (κ3) is 3.80. The maximum atomic E-state index is 12.4. The van der Waals surface area contributed by atoms with E-state index in [1.807, 2.05) is 47.9 Å². The fourth-order valence-corrected chi connectivity index (χ4v) is 4.53. The van der Waals surface area contributed by atoms with Gasteiger partial charge in [0.05, 0.1) is 17.5 Å². The molecule has 0 spiro atoms. The smallest absolute Gasteiger partial charge is 0.196 e. The Morgan fingerprint density at radius 3 is 2.86 bits per heavy atom. The predicted molar refractivity (Wildman–Crippen MR) is 109 cm³/mol. The maximum Gasteiger partial charge on any atom is 0.196 e. The van der Waals surface area contributed by atoms with Crippen molar-refractivity contribution in [2.24, 2.45) is 0 Å². The van der Waals surface area contributed by atoms with Gasteiger partial charge in [0.15, 0.2) is 11.0 Å². The molecule has 0 bridgehead atoms. The van der Waals surface area contributed by atoms with Gasteiger partial charge in [-0.25, -0.2) is 0 Å². The highest BCUT2D eigenvalue weighted by atomic mass is 32.2. The molecule has 1 aromatic carbocycles. The van der Waals surface area contributed by atoms with Gasteiger partial charge in [0.2, 0.25) is 0 Å². The van der Waals surface area contributed by atoms with Crippen molar-refractivity contribution >= 4 is 17.5 Å². The molecule has 0 amide bonds. The predicted octanol–water partition coefficient (Wildman–Crippen LogP) is 4.33. The Labute approximate surface area is 168 Å². The van der Waals surface area contributed by atoms with Gasteiger partial charge in [0.1, 0.15) is 11.5 Å². The number of pyridine rings is 1. The Bertz CT molecular complexity index is 958. The Hall–Kier alpha value is -2.67. The van der Waals surface area contributed by atoms with Crippen molar-refractivity contribution in [3.63, 3.8) is 0 Å². The van der Waals surface area contributed by atoms with Gasteiger partial charge in [-0.3, -0.25) is 14.3 Å². The van der Waals surface area contributed by atoms with Gasteiger partial charge >= 0.3 is 0 Å². The van der Waals surface area contributed by atoms with Crippen LogP contribution in [0.2, 0.25) is 0 Å². The van der Waals surface area contributed by atoms with Gasteiger partial charge in [-0.2, -0.15) is 0 Å². The van der Waals surface area contributed by atoms with Gasteiger partial charge in [0, 0.05) is 24.4 Å². The van der Waals surface area contributed by atoms with Crippen LogP contribution in [0.4, 0.5) is 0 Å². The average Bonchev–Trinajstić information content (AvgIpc) is 3.14. The van der Waals surface area contributed by atoms with Crippen LogP contribution >= 0.6 is 11.8 Å². The summed E-state index contributed by atoms with van der Waals surface area (Å²) in [5.74, 6) is 1.74. The summed E-state index contributed by atoms with van der Waals surface area (Å²) in [5.41, 5.74) is 1.72. The number of Topliss-reactive ketones (excluding diaryl/α,β-unsaturated/α-hetero) is 1. The number of hydrogen-bond acceptors (Lipinski definition) is 6. The first-order valence-corrected chi connectivity index (χ1v) is 10.4. The largest absolute Gasteiger partial charge is 0.492 e. The first-order valence-electron chi connectivity index (χ1n) is 9.55. The van der Waals surface area contributed by atoms with Crippen LogP contribution in [-0.4, -0.2) is 37.4 Å². The highest BCUT2D eigenvalue weighted by Crippen LogP contribution is 2.36. The molecule has 0 unspecified atom stereocenters. The van der Waals surface area contributed by atoms with E-state index >= 15 is 0 Å². The zero-order valence-corrected chi connectivity index (χ0v) is 16.6. The highest BCUT2D eigenvalue weighted by molar-refractivity contribution is 8.00. The van der Waals surface area contributed by atoms with Crippen LogP contribution < -0.4 is 4.74 Å². The molecule has 0 aliphatic heterocycles. The van der Waals surface area contributed by atoms with Gasteiger partial charge in [-0.05, 0) is 44.0 Å². The number of nitrogens with zero attached hydrogens (tertiary/aromatic N) is 4. The molecule has 1 saturated carbocycles. The summed E-state index contributed by atoms with van der Waals surface area (Å²) < 4.78 is 7.83. The van der Waals surface area contributed by atoms with Crippen molar-refractivity contribution in [2.75, 3.05) is 6.61 Å². The van der Waals surface area contributed by atoms with Gasteiger partial charge in [-0.1, -0.05) is 30.3 Å². The molecule has 2 heterocycles. The van der Waals surface area contributed by atoms with E-state index in [1.165, 1.54) is 11.8 Å². The van der Waals surface area contributed by atoms with Crippen LogP contribution in [0, 0.1) is 0 Å². The fraction of sp³-hybridized carbons (Fsp3) is 0.333. The van der Waals surface area contributed by atoms with E-state index in [1.54, 1.807) is 12.4 Å². The number of carbonyl (C=O) groups excluding carboxylic acids is 1. The van der Waals surface area contributed by atoms with Crippen LogP contribution in [0.5, 0.6) is 5.75 Å². The van der Waals surface area contributed by atoms with Crippen LogP contribution in [0.25, 0.3) is 17.1 Å². The average molecular weight is 395 g/mol. The number of hydrogen-bond donors (Lipinski definition) is 0. The molecule has 3 aromatic rings. The quantitative estimate of drug-likeness (QED) is 0.620. The minimum absolute atomic E-state index is 0.0716. The third-order valence-corrected chi connectivity index (χ3v) is 5.96. The number of para-hydroxylation sites is 2. The number of aromatic nitrogens is 4. The number of carbonyl (C=O) groups is 1. The molecule has 1 fully saturated rings. The number of ether oxygens (including phenoxy) is 1. The molecule has 0 radical (unpaired) electrons. The van der Waals surface area contributed by atoms with Gasteiger partial charge < -0.3 is 4.74 Å². The topological polar surface area (TPSA) is 69.9 Å². The molecule has 28 heavy (non-hydrogen) atoms. The molecule has 0 saturated heterocycles. The zero-order valence-electron chi connectivity index (χ0n) is 15.7. The molecule has 2 aromatic heterocycles. The molecular formula is C21H22N4O2S. The monoisotopic (exact) mass is 394 g/mol. The molecule has 0 N–H and O–H groups in total. The van der Waals surface area contributed by atoms with Crippen molar-refractivity contribution in [1.29, 1.82) is 0 Å².